The van der Waals surface area contributed by atoms with Gasteiger partial charge in [-0.2, -0.15) is 0 Å². The first-order valence-corrected chi connectivity index (χ1v) is 10.1. The van der Waals surface area contributed by atoms with Crippen molar-refractivity contribution >= 4 is 23.0 Å². The topological polar surface area (TPSA) is 109 Å². The molecule has 164 valence electrons. The summed E-state index contributed by atoms with van der Waals surface area (Å²) in [6.45, 7) is 2.52. The summed E-state index contributed by atoms with van der Waals surface area (Å²) in [4.78, 5) is 32.6. The van der Waals surface area contributed by atoms with E-state index in [2.05, 4.69) is 9.88 Å². The second-order valence-electron chi connectivity index (χ2n) is 7.33. The van der Waals surface area contributed by atoms with Gasteiger partial charge in [-0.15, -0.1) is 0 Å². The summed E-state index contributed by atoms with van der Waals surface area (Å²) in [5.74, 6) is 0.540. The summed E-state index contributed by atoms with van der Waals surface area (Å²) in [5, 5.41) is 22.0. The van der Waals surface area contributed by atoms with Crippen molar-refractivity contribution in [1.29, 1.82) is 0 Å². The molecule has 0 unspecified atom stereocenters. The maximum atomic E-state index is 12.9. The van der Waals surface area contributed by atoms with Gasteiger partial charge in [-0.05, 0) is 36.4 Å². The Morgan fingerprint density at radius 3 is 2.44 bits per heavy atom. The molecule has 0 saturated carbocycles. The predicted octanol–water partition coefficient (Wildman–Crippen LogP) is 3.26. The summed E-state index contributed by atoms with van der Waals surface area (Å²) < 4.78 is 5.03. The largest absolute Gasteiger partial charge is 0.507 e. The van der Waals surface area contributed by atoms with Gasteiger partial charge in [0.05, 0.1) is 17.6 Å². The van der Waals surface area contributed by atoms with Crippen LogP contribution in [0.4, 0.5) is 17.2 Å². The van der Waals surface area contributed by atoms with Crippen molar-refractivity contribution in [2.45, 2.75) is 0 Å². The highest BCUT2D eigenvalue weighted by molar-refractivity contribution is 6.11. The first-order chi connectivity index (χ1) is 15.5. The Bertz CT molecular complexity index is 1140. The second kappa shape index (κ2) is 8.93. The summed E-state index contributed by atoms with van der Waals surface area (Å²) in [6.07, 6.45) is 1.74. The molecule has 0 aliphatic carbocycles. The highest BCUT2D eigenvalue weighted by Gasteiger charge is 2.26. The number of methoxy groups -OCH3 is 1. The number of nitro groups is 1. The summed E-state index contributed by atoms with van der Waals surface area (Å²) in [7, 11) is 1.45. The third-order valence-corrected chi connectivity index (χ3v) is 5.48. The van der Waals surface area contributed by atoms with Gasteiger partial charge < -0.3 is 19.6 Å². The molecule has 1 aromatic heterocycles. The number of piperazine rings is 1. The van der Waals surface area contributed by atoms with Crippen LogP contribution in [-0.2, 0) is 0 Å². The second-order valence-corrected chi connectivity index (χ2v) is 7.33. The van der Waals surface area contributed by atoms with E-state index < -0.39 is 10.7 Å². The number of phenolic OH excluding ortho intramolecular Hbond substituents is 1. The fraction of sp³-hybridized carbons (Fsp3) is 0.217. The highest BCUT2D eigenvalue weighted by atomic mass is 16.6. The van der Waals surface area contributed by atoms with Gasteiger partial charge in [-0.1, -0.05) is 6.07 Å². The van der Waals surface area contributed by atoms with Gasteiger partial charge in [0.2, 0.25) is 0 Å². The van der Waals surface area contributed by atoms with Gasteiger partial charge in [0.25, 0.3) is 5.69 Å². The van der Waals surface area contributed by atoms with Crippen molar-refractivity contribution in [2.24, 2.45) is 0 Å². The van der Waals surface area contributed by atoms with Crippen molar-refractivity contribution < 1.29 is 19.6 Å². The number of benzene rings is 2. The molecule has 0 radical (unpaired) electrons. The van der Waals surface area contributed by atoms with Crippen LogP contribution in [0.5, 0.6) is 11.5 Å². The molecule has 0 spiro atoms. The van der Waals surface area contributed by atoms with Crippen molar-refractivity contribution in [1.82, 2.24) is 4.98 Å². The van der Waals surface area contributed by atoms with E-state index in [1.54, 1.807) is 24.4 Å². The lowest BCUT2D eigenvalue weighted by Gasteiger charge is -2.36. The van der Waals surface area contributed by atoms with E-state index in [0.717, 1.165) is 5.82 Å². The molecule has 32 heavy (non-hydrogen) atoms. The number of pyridine rings is 1. The van der Waals surface area contributed by atoms with Gasteiger partial charge in [-0.25, -0.2) is 4.98 Å². The van der Waals surface area contributed by atoms with E-state index in [1.807, 2.05) is 23.1 Å². The summed E-state index contributed by atoms with van der Waals surface area (Å²) >= 11 is 0. The van der Waals surface area contributed by atoms with Crippen molar-refractivity contribution in [2.75, 3.05) is 43.1 Å². The number of carbonyl (C=O) groups is 1. The molecule has 1 N–H and O–H groups in total. The minimum Gasteiger partial charge on any atom is -0.507 e. The Hall–Kier alpha value is -4.14. The van der Waals surface area contributed by atoms with Crippen LogP contribution in [0.15, 0.2) is 60.8 Å². The molecule has 1 aliphatic rings. The number of nitrogens with zero attached hydrogens (tertiary/aromatic N) is 4. The molecule has 0 bridgehead atoms. The molecule has 4 rings (SSSR count). The van der Waals surface area contributed by atoms with Gasteiger partial charge in [-0.3, -0.25) is 14.9 Å². The predicted molar refractivity (Wildman–Crippen MR) is 120 cm³/mol. The lowest BCUT2D eigenvalue weighted by molar-refractivity contribution is -0.384. The van der Waals surface area contributed by atoms with Gasteiger partial charge in [0.1, 0.15) is 23.0 Å². The van der Waals surface area contributed by atoms with Crippen LogP contribution < -0.4 is 14.5 Å². The van der Waals surface area contributed by atoms with Crippen LogP contribution in [0.25, 0.3) is 0 Å². The molecular weight excluding hydrogens is 412 g/mol. The van der Waals surface area contributed by atoms with Crippen molar-refractivity contribution in [3.05, 3.63) is 82.0 Å². The lowest BCUT2D eigenvalue weighted by Crippen LogP contribution is -2.47. The summed E-state index contributed by atoms with van der Waals surface area (Å²) in [6, 6.07) is 14.5. The smallest absolute Gasteiger partial charge is 0.293 e. The van der Waals surface area contributed by atoms with E-state index in [-0.39, 0.29) is 22.6 Å². The van der Waals surface area contributed by atoms with E-state index in [9.17, 15) is 20.0 Å². The van der Waals surface area contributed by atoms with E-state index in [1.165, 1.54) is 25.3 Å². The number of hydrogen-bond donors (Lipinski definition) is 1. The average molecular weight is 434 g/mol. The first kappa shape index (κ1) is 21.1. The van der Waals surface area contributed by atoms with Crippen LogP contribution in [-0.4, -0.2) is 54.1 Å². The number of ether oxygens (including phenoxy) is 1. The fourth-order valence-corrected chi connectivity index (χ4v) is 3.78. The Morgan fingerprint density at radius 2 is 1.81 bits per heavy atom. The third-order valence-electron chi connectivity index (χ3n) is 5.48. The highest BCUT2D eigenvalue weighted by Crippen LogP contribution is 2.33. The van der Waals surface area contributed by atoms with Crippen LogP contribution >= 0.6 is 0 Å². The Morgan fingerprint density at radius 1 is 1.06 bits per heavy atom. The maximum Gasteiger partial charge on any atom is 0.293 e. The third kappa shape index (κ3) is 4.18. The quantitative estimate of drug-likeness (QED) is 0.358. The number of phenols is 1. The zero-order valence-electron chi connectivity index (χ0n) is 17.5. The number of carbonyl (C=O) groups excluding carboxylic acids is 1. The molecular formula is C23H22N4O5. The minimum atomic E-state index is -0.500. The van der Waals surface area contributed by atoms with Crippen molar-refractivity contribution in [3.63, 3.8) is 0 Å². The fourth-order valence-electron chi connectivity index (χ4n) is 3.78. The molecule has 3 aromatic rings. The summed E-state index contributed by atoms with van der Waals surface area (Å²) in [5.41, 5.74) is 0.506. The zero-order valence-corrected chi connectivity index (χ0v) is 17.5. The van der Waals surface area contributed by atoms with Gasteiger partial charge in [0.15, 0.2) is 5.78 Å². The number of aromatic hydroxyl groups is 1. The van der Waals surface area contributed by atoms with Crippen molar-refractivity contribution in [3.8, 4) is 11.5 Å². The Kier molecular flexibility index (Phi) is 5.89. The average Bonchev–Trinajstić information content (AvgIpc) is 2.83. The number of anilines is 2. The minimum absolute atomic E-state index is 0.0526. The van der Waals surface area contributed by atoms with E-state index >= 15 is 0 Å². The van der Waals surface area contributed by atoms with Crippen LogP contribution in [0.2, 0.25) is 0 Å². The molecule has 2 aromatic carbocycles. The molecule has 0 atom stereocenters. The molecule has 1 aliphatic heterocycles. The van der Waals surface area contributed by atoms with Crippen LogP contribution in [0, 0.1) is 10.1 Å². The van der Waals surface area contributed by atoms with Crippen LogP contribution in [0.1, 0.15) is 15.9 Å². The van der Waals surface area contributed by atoms with E-state index in [0.29, 0.717) is 37.6 Å². The molecule has 9 nitrogen and oxygen atoms in total. The lowest BCUT2D eigenvalue weighted by atomic mass is 10.0. The number of nitro benzene ring substituents is 1. The van der Waals surface area contributed by atoms with E-state index in [4.69, 9.17) is 4.74 Å². The standard InChI is InChI=1S/C23H22N4O5/c1-32-17-6-7-18(21(28)15-17)23(29)16-5-8-19(20(14-16)27(30)31)25-10-12-26(13-11-25)22-4-2-3-9-24-22/h2-9,14-15,28H,10-13H2,1H3. The van der Waals surface area contributed by atoms with Crippen LogP contribution in [0.3, 0.4) is 0 Å². The van der Waals surface area contributed by atoms with Gasteiger partial charge >= 0.3 is 0 Å². The normalized spacial score (nSPS) is 13.7. The maximum absolute atomic E-state index is 12.9. The molecule has 1 saturated heterocycles. The number of hydrogen-bond acceptors (Lipinski definition) is 8. The SMILES string of the molecule is COc1ccc(C(=O)c2ccc(N3CCN(c4ccccn4)CC3)c([N+](=O)[O-])c2)c(O)c1. The monoisotopic (exact) mass is 434 g/mol. The molecule has 2 heterocycles. The number of rotatable bonds is 6. The Balaban J connectivity index is 1.56. The molecule has 9 heteroatoms. The first-order valence-electron chi connectivity index (χ1n) is 10.1. The Labute approximate surface area is 184 Å². The molecule has 0 amide bonds. The number of ketones is 1. The van der Waals surface area contributed by atoms with Gasteiger partial charge in [0, 0.05) is 50.1 Å². The number of aromatic nitrogens is 1. The molecule has 1 fully saturated rings. The zero-order chi connectivity index (χ0) is 22.7.